The van der Waals surface area contributed by atoms with Gasteiger partial charge in [-0.05, 0) is 48.0 Å². The van der Waals surface area contributed by atoms with Crippen LogP contribution in [0, 0.1) is 0 Å². The number of rotatable bonds is 5. The maximum absolute atomic E-state index is 12.5. The molecule has 0 aromatic heterocycles. The zero-order valence-corrected chi connectivity index (χ0v) is 14.6. The van der Waals surface area contributed by atoms with E-state index in [0.29, 0.717) is 17.0 Å². The van der Waals surface area contributed by atoms with Crippen molar-refractivity contribution in [1.82, 2.24) is 0 Å². The number of hydrogen-bond acceptors (Lipinski definition) is 4. The lowest BCUT2D eigenvalue weighted by Gasteiger charge is -2.14. The number of esters is 1. The van der Waals surface area contributed by atoms with Gasteiger partial charge in [0.25, 0.3) is 5.91 Å². The largest absolute Gasteiger partial charge is 0.497 e. The van der Waals surface area contributed by atoms with Crippen LogP contribution in [-0.4, -0.2) is 25.1 Å². The van der Waals surface area contributed by atoms with E-state index in [-0.39, 0.29) is 0 Å². The Labute approximate surface area is 151 Å². The van der Waals surface area contributed by atoms with Crippen LogP contribution in [0.4, 0.5) is 5.69 Å². The van der Waals surface area contributed by atoms with Gasteiger partial charge in [-0.15, -0.1) is 0 Å². The van der Waals surface area contributed by atoms with E-state index >= 15 is 0 Å². The normalized spacial score (nSPS) is 11.6. The van der Waals surface area contributed by atoms with Gasteiger partial charge >= 0.3 is 5.97 Å². The fraction of sp³-hybridized carbons (Fsp3) is 0.143. The zero-order valence-electron chi connectivity index (χ0n) is 14.6. The third-order valence-corrected chi connectivity index (χ3v) is 4.02. The zero-order chi connectivity index (χ0) is 18.5. The van der Waals surface area contributed by atoms with E-state index in [9.17, 15) is 9.59 Å². The molecule has 3 aromatic rings. The van der Waals surface area contributed by atoms with Crippen LogP contribution in [0.5, 0.6) is 5.75 Å². The molecule has 0 bridgehead atoms. The first-order chi connectivity index (χ1) is 12.6. The summed E-state index contributed by atoms with van der Waals surface area (Å²) in [5.41, 5.74) is 1.04. The van der Waals surface area contributed by atoms with Gasteiger partial charge in [0.15, 0.2) is 6.10 Å². The molecule has 1 N–H and O–H groups in total. The monoisotopic (exact) mass is 349 g/mol. The summed E-state index contributed by atoms with van der Waals surface area (Å²) >= 11 is 0. The average molecular weight is 349 g/mol. The predicted octanol–water partition coefficient (Wildman–Crippen LogP) is 4.03. The lowest BCUT2D eigenvalue weighted by Crippen LogP contribution is -2.30. The molecule has 5 nitrogen and oxygen atoms in total. The summed E-state index contributed by atoms with van der Waals surface area (Å²) in [6, 6.07) is 19.9. The van der Waals surface area contributed by atoms with Crippen molar-refractivity contribution in [1.29, 1.82) is 0 Å². The quantitative estimate of drug-likeness (QED) is 0.706. The molecule has 0 unspecified atom stereocenters. The number of carbonyl (C=O) groups is 2. The van der Waals surface area contributed by atoms with Crippen LogP contribution in [0.3, 0.4) is 0 Å². The van der Waals surface area contributed by atoms with E-state index in [1.165, 1.54) is 0 Å². The number of carbonyl (C=O) groups excluding carboxylic acids is 2. The topological polar surface area (TPSA) is 64.6 Å². The Balaban J connectivity index is 1.68. The fourth-order valence-corrected chi connectivity index (χ4v) is 2.60. The molecule has 0 heterocycles. The Morgan fingerprint density at radius 3 is 2.35 bits per heavy atom. The number of fused-ring (bicyclic) bond motifs is 1. The highest BCUT2D eigenvalue weighted by molar-refractivity contribution is 6.05. The van der Waals surface area contributed by atoms with Crippen LogP contribution >= 0.6 is 0 Å². The van der Waals surface area contributed by atoms with Crippen LogP contribution in [0.1, 0.15) is 17.3 Å². The number of amides is 1. The number of nitrogens with one attached hydrogen (secondary N) is 1. The average Bonchev–Trinajstić information content (AvgIpc) is 2.68. The summed E-state index contributed by atoms with van der Waals surface area (Å²) in [5.74, 6) is -0.235. The molecule has 0 fully saturated rings. The SMILES string of the molecule is COc1ccc(NC(=O)[C@@H](C)OC(=O)c2cccc3ccccc23)cc1. The second-order valence-corrected chi connectivity index (χ2v) is 5.79. The summed E-state index contributed by atoms with van der Waals surface area (Å²) in [5, 5.41) is 4.45. The number of methoxy groups -OCH3 is 1. The number of ether oxygens (including phenoxy) is 2. The predicted molar refractivity (Wildman–Crippen MR) is 100 cm³/mol. The maximum Gasteiger partial charge on any atom is 0.339 e. The second kappa shape index (κ2) is 7.70. The van der Waals surface area contributed by atoms with Gasteiger partial charge in [-0.2, -0.15) is 0 Å². The van der Waals surface area contributed by atoms with E-state index in [4.69, 9.17) is 9.47 Å². The van der Waals surface area contributed by atoms with Crippen molar-refractivity contribution in [2.24, 2.45) is 0 Å². The molecule has 1 amide bonds. The molecule has 0 aliphatic heterocycles. The Morgan fingerprint density at radius 1 is 0.923 bits per heavy atom. The molecule has 0 spiro atoms. The van der Waals surface area contributed by atoms with Crippen molar-refractivity contribution >= 4 is 28.3 Å². The minimum atomic E-state index is -0.927. The first-order valence-corrected chi connectivity index (χ1v) is 8.22. The van der Waals surface area contributed by atoms with Gasteiger partial charge in [0, 0.05) is 5.69 Å². The second-order valence-electron chi connectivity index (χ2n) is 5.79. The summed E-state index contributed by atoms with van der Waals surface area (Å²) in [7, 11) is 1.57. The molecule has 3 rings (SSSR count). The van der Waals surface area contributed by atoms with Crippen molar-refractivity contribution in [3.8, 4) is 5.75 Å². The smallest absolute Gasteiger partial charge is 0.339 e. The first-order valence-electron chi connectivity index (χ1n) is 8.22. The highest BCUT2D eigenvalue weighted by Crippen LogP contribution is 2.20. The van der Waals surface area contributed by atoms with E-state index in [0.717, 1.165) is 10.8 Å². The van der Waals surface area contributed by atoms with Crippen molar-refractivity contribution in [3.05, 3.63) is 72.3 Å². The Morgan fingerprint density at radius 2 is 1.62 bits per heavy atom. The third-order valence-electron chi connectivity index (χ3n) is 4.02. The van der Waals surface area contributed by atoms with Gasteiger partial charge in [0.1, 0.15) is 5.75 Å². The summed E-state index contributed by atoms with van der Waals surface area (Å²) in [6.45, 7) is 1.54. The van der Waals surface area contributed by atoms with Crippen LogP contribution in [-0.2, 0) is 9.53 Å². The van der Waals surface area contributed by atoms with E-state index in [1.807, 2.05) is 30.3 Å². The lowest BCUT2D eigenvalue weighted by molar-refractivity contribution is -0.123. The Bertz CT molecular complexity index is 929. The summed E-state index contributed by atoms with van der Waals surface area (Å²) < 4.78 is 10.4. The summed E-state index contributed by atoms with van der Waals surface area (Å²) in [6.07, 6.45) is -0.927. The minimum absolute atomic E-state index is 0.399. The Kier molecular flexibility index (Phi) is 5.17. The van der Waals surface area contributed by atoms with Crippen molar-refractivity contribution < 1.29 is 19.1 Å². The summed E-state index contributed by atoms with van der Waals surface area (Å²) in [4.78, 5) is 24.8. The lowest BCUT2D eigenvalue weighted by atomic mass is 10.0. The highest BCUT2D eigenvalue weighted by Gasteiger charge is 2.20. The van der Waals surface area contributed by atoms with Crippen LogP contribution < -0.4 is 10.1 Å². The molecule has 0 saturated heterocycles. The van der Waals surface area contributed by atoms with Crippen molar-refractivity contribution in [3.63, 3.8) is 0 Å². The molecule has 0 aliphatic carbocycles. The molecule has 26 heavy (non-hydrogen) atoms. The van der Waals surface area contributed by atoms with Crippen LogP contribution in [0.25, 0.3) is 10.8 Å². The molecule has 1 atom stereocenters. The van der Waals surface area contributed by atoms with E-state index < -0.39 is 18.0 Å². The molecule has 0 saturated carbocycles. The van der Waals surface area contributed by atoms with E-state index in [2.05, 4.69) is 5.32 Å². The van der Waals surface area contributed by atoms with Gasteiger partial charge in [0.05, 0.1) is 12.7 Å². The number of benzene rings is 3. The minimum Gasteiger partial charge on any atom is -0.497 e. The van der Waals surface area contributed by atoms with Gasteiger partial charge in [-0.25, -0.2) is 4.79 Å². The first kappa shape index (κ1) is 17.5. The van der Waals surface area contributed by atoms with Crippen LogP contribution in [0.15, 0.2) is 66.7 Å². The molecular weight excluding hydrogens is 330 g/mol. The Hall–Kier alpha value is -3.34. The third kappa shape index (κ3) is 3.83. The number of hydrogen-bond donors (Lipinski definition) is 1. The molecule has 0 radical (unpaired) electrons. The van der Waals surface area contributed by atoms with Gasteiger partial charge in [-0.3, -0.25) is 4.79 Å². The molecule has 3 aromatic carbocycles. The molecular formula is C21H19NO4. The van der Waals surface area contributed by atoms with Gasteiger partial charge < -0.3 is 14.8 Å². The van der Waals surface area contributed by atoms with Gasteiger partial charge in [-0.1, -0.05) is 36.4 Å². The van der Waals surface area contributed by atoms with Crippen LogP contribution in [0.2, 0.25) is 0 Å². The highest BCUT2D eigenvalue weighted by atomic mass is 16.5. The van der Waals surface area contributed by atoms with Gasteiger partial charge in [0.2, 0.25) is 0 Å². The van der Waals surface area contributed by atoms with Crippen molar-refractivity contribution in [2.75, 3.05) is 12.4 Å². The molecule has 5 heteroatoms. The van der Waals surface area contributed by atoms with Crippen molar-refractivity contribution in [2.45, 2.75) is 13.0 Å². The molecule has 132 valence electrons. The standard InChI is InChI=1S/C21H19NO4/c1-14(20(23)22-16-10-12-17(25-2)13-11-16)26-21(24)19-9-5-7-15-6-3-4-8-18(15)19/h3-14H,1-2H3,(H,22,23)/t14-/m1/s1. The maximum atomic E-state index is 12.5. The number of anilines is 1. The van der Waals surface area contributed by atoms with E-state index in [1.54, 1.807) is 50.4 Å². The molecule has 0 aliphatic rings. The fourth-order valence-electron chi connectivity index (χ4n) is 2.60.